The lowest BCUT2D eigenvalue weighted by Gasteiger charge is -2.26. The van der Waals surface area contributed by atoms with Crippen molar-refractivity contribution in [3.05, 3.63) is 80.5 Å². The van der Waals surface area contributed by atoms with Crippen LogP contribution in [0.15, 0.2) is 51.8 Å². The molecule has 4 N–H and O–H groups in total. The van der Waals surface area contributed by atoms with Crippen LogP contribution in [0.4, 0.5) is 0 Å². The first-order valence-corrected chi connectivity index (χ1v) is 17.1. The number of carbonyl (C=O) groups excluding carboxylic acids is 4. The lowest BCUT2D eigenvalue weighted by molar-refractivity contribution is -0.132. The molecule has 3 aromatic heterocycles. The average Bonchev–Trinajstić information content (AvgIpc) is 3.71. The van der Waals surface area contributed by atoms with Crippen molar-refractivity contribution in [3.8, 4) is 0 Å². The first-order chi connectivity index (χ1) is 23.5. The monoisotopic (exact) mass is 691 g/mol. The van der Waals surface area contributed by atoms with Gasteiger partial charge in [0.15, 0.2) is 11.5 Å². The number of hydrogen-bond donors (Lipinski definition) is 4. The number of amides is 4. The normalized spacial score (nSPS) is 20.3. The van der Waals surface area contributed by atoms with Gasteiger partial charge in [-0.25, -0.2) is 4.98 Å². The van der Waals surface area contributed by atoms with E-state index in [2.05, 4.69) is 36.5 Å². The maximum absolute atomic E-state index is 13.7. The molecule has 2 bridgehead atoms. The molecule has 49 heavy (non-hydrogen) atoms. The van der Waals surface area contributed by atoms with E-state index in [1.807, 2.05) is 56.0 Å². The lowest BCUT2D eigenvalue weighted by Crippen LogP contribution is -2.57. The van der Waals surface area contributed by atoms with Gasteiger partial charge in [-0.05, 0) is 31.2 Å². The molecule has 4 amide bonds. The van der Waals surface area contributed by atoms with Gasteiger partial charge >= 0.3 is 0 Å². The highest BCUT2D eigenvalue weighted by atomic mass is 32.1. The molecule has 4 heterocycles. The summed E-state index contributed by atoms with van der Waals surface area (Å²) in [5.41, 5.74) is 1.000. The Morgan fingerprint density at radius 2 is 1.73 bits per heavy atom. The van der Waals surface area contributed by atoms with E-state index in [0.717, 1.165) is 10.6 Å². The molecule has 5 rings (SSSR count). The molecule has 3 atom stereocenters. The van der Waals surface area contributed by atoms with E-state index in [9.17, 15) is 24.0 Å². The first kappa shape index (κ1) is 35.3. The van der Waals surface area contributed by atoms with Crippen LogP contribution in [0.5, 0.6) is 0 Å². The van der Waals surface area contributed by atoms with Crippen molar-refractivity contribution in [2.45, 2.75) is 78.2 Å². The molecule has 1 aliphatic rings. The molecule has 1 aromatic carbocycles. The Kier molecular flexibility index (Phi) is 11.5. The van der Waals surface area contributed by atoms with Crippen molar-refractivity contribution in [1.82, 2.24) is 45.9 Å². The van der Waals surface area contributed by atoms with E-state index in [1.54, 1.807) is 0 Å². The molecule has 4 aromatic rings. The Morgan fingerprint density at radius 3 is 2.47 bits per heavy atom. The Bertz CT molecular complexity index is 1850. The smallest absolute Gasteiger partial charge is 0.275 e. The lowest BCUT2D eigenvalue weighted by atomic mass is 10.0. The zero-order chi connectivity index (χ0) is 35.1. The fourth-order valence-corrected chi connectivity index (χ4v) is 6.26. The third-order valence-electron chi connectivity index (χ3n) is 7.92. The zero-order valence-electron chi connectivity index (χ0n) is 27.9. The molecule has 16 heteroatoms. The fraction of sp³-hybridized carbons (Fsp3) is 0.455. The van der Waals surface area contributed by atoms with Gasteiger partial charge in [0, 0.05) is 38.2 Å². The topological polar surface area (TPSA) is 193 Å². The summed E-state index contributed by atoms with van der Waals surface area (Å²) < 4.78 is 6.76. The Hall–Kier alpha value is -4.96. The highest BCUT2D eigenvalue weighted by molar-refractivity contribution is 7.16. The van der Waals surface area contributed by atoms with E-state index in [-0.39, 0.29) is 43.2 Å². The number of fused-ring (bicyclic) bond motifs is 3. The number of hydrogen-bond acceptors (Lipinski definition) is 11. The van der Waals surface area contributed by atoms with E-state index >= 15 is 0 Å². The minimum atomic E-state index is -1.01. The number of nitrogens with one attached hydrogen (secondary N) is 4. The zero-order valence-corrected chi connectivity index (χ0v) is 28.7. The van der Waals surface area contributed by atoms with Gasteiger partial charge in [-0.15, -0.1) is 0 Å². The standard InChI is InChI=1S/C33H41N9O6S/c1-5-27-39-42-28(43)15-22(36-33(42)49-27)17-41-12-11-34-30(45)25(14-21-9-7-6-8-10-21)38-31(46)24(13-19(2)3)37-29(44)20(4)35-32(47)26-16-23(18-41)48-40-26/h6-10,15-16,19-20,24-25H,5,11-14,17-18H2,1-4H3,(H,34,45)(H,35,47)(H,37,44)(H,38,46)/t20-,24-,25-/m1/s1. The molecular weight excluding hydrogens is 650 g/mol. The summed E-state index contributed by atoms with van der Waals surface area (Å²) in [4.78, 5) is 73.3. The summed E-state index contributed by atoms with van der Waals surface area (Å²) in [6.45, 7) is 8.14. The van der Waals surface area contributed by atoms with Gasteiger partial charge in [-0.2, -0.15) is 9.61 Å². The average molecular weight is 692 g/mol. The summed E-state index contributed by atoms with van der Waals surface area (Å²) in [6, 6.07) is 9.31. The van der Waals surface area contributed by atoms with E-state index in [1.165, 1.54) is 34.9 Å². The highest BCUT2D eigenvalue weighted by Crippen LogP contribution is 2.15. The summed E-state index contributed by atoms with van der Waals surface area (Å²) in [6.07, 6.45) is 1.20. The first-order valence-electron chi connectivity index (χ1n) is 16.3. The van der Waals surface area contributed by atoms with Crippen LogP contribution in [0, 0.1) is 5.92 Å². The quantitative estimate of drug-likeness (QED) is 0.219. The van der Waals surface area contributed by atoms with Crippen molar-refractivity contribution in [1.29, 1.82) is 0 Å². The Morgan fingerprint density at radius 1 is 0.980 bits per heavy atom. The molecule has 0 radical (unpaired) electrons. The molecule has 1 aliphatic heterocycles. The molecule has 0 fully saturated rings. The van der Waals surface area contributed by atoms with Crippen LogP contribution in [-0.4, -0.2) is 79.5 Å². The molecular formula is C33H41N9O6S. The van der Waals surface area contributed by atoms with Crippen molar-refractivity contribution in [2.75, 3.05) is 13.1 Å². The van der Waals surface area contributed by atoms with Gasteiger partial charge in [-0.1, -0.05) is 67.6 Å². The molecule has 0 saturated heterocycles. The van der Waals surface area contributed by atoms with Gasteiger partial charge in [0.2, 0.25) is 22.7 Å². The predicted octanol–water partition coefficient (Wildman–Crippen LogP) is 1.21. The maximum Gasteiger partial charge on any atom is 0.275 e. The molecule has 0 saturated carbocycles. The third-order valence-corrected chi connectivity index (χ3v) is 8.98. The van der Waals surface area contributed by atoms with Crippen molar-refractivity contribution in [3.63, 3.8) is 0 Å². The number of nitrogens with zero attached hydrogens (tertiary/aromatic N) is 5. The third kappa shape index (κ3) is 9.35. The summed E-state index contributed by atoms with van der Waals surface area (Å²) in [5, 5.41) is 20.1. The van der Waals surface area contributed by atoms with Crippen LogP contribution in [0.1, 0.15) is 66.6 Å². The largest absolute Gasteiger partial charge is 0.359 e. The fourth-order valence-electron chi connectivity index (χ4n) is 5.41. The number of rotatable bonds is 7. The number of aromatic nitrogens is 4. The van der Waals surface area contributed by atoms with E-state index in [4.69, 9.17) is 4.52 Å². The second-order valence-corrected chi connectivity index (χ2v) is 13.5. The van der Waals surface area contributed by atoms with Gasteiger partial charge in [0.05, 0.1) is 12.2 Å². The van der Waals surface area contributed by atoms with Gasteiger partial charge < -0.3 is 25.8 Å². The summed E-state index contributed by atoms with van der Waals surface area (Å²) >= 11 is 1.34. The van der Waals surface area contributed by atoms with Crippen LogP contribution < -0.4 is 26.8 Å². The number of carbonyl (C=O) groups is 4. The molecule has 260 valence electrons. The minimum absolute atomic E-state index is 0.0289. The van der Waals surface area contributed by atoms with Crippen LogP contribution in [0.3, 0.4) is 0 Å². The van der Waals surface area contributed by atoms with Gasteiger partial charge in [0.25, 0.3) is 11.5 Å². The maximum atomic E-state index is 13.7. The minimum Gasteiger partial charge on any atom is -0.359 e. The SMILES string of the molecule is CCc1nn2c(=O)cc(CN3CCNC(=O)[C@@H](Cc4ccccc4)NC(=O)[C@@H](CC(C)C)NC(=O)[C@@H](C)NC(=O)c4cc(on4)C3)nc2s1. The number of aryl methyl sites for hydroxylation is 1. The summed E-state index contributed by atoms with van der Waals surface area (Å²) in [5.74, 6) is -1.71. The van der Waals surface area contributed by atoms with E-state index in [0.29, 0.717) is 35.8 Å². The molecule has 0 unspecified atom stereocenters. The van der Waals surface area contributed by atoms with Crippen LogP contribution >= 0.6 is 11.3 Å². The van der Waals surface area contributed by atoms with Crippen LogP contribution in [-0.2, 0) is 40.3 Å². The van der Waals surface area contributed by atoms with Gasteiger partial charge in [-0.3, -0.25) is 28.9 Å². The predicted molar refractivity (Wildman–Crippen MR) is 181 cm³/mol. The Labute approximate surface area is 286 Å². The second kappa shape index (κ2) is 16.0. The van der Waals surface area contributed by atoms with E-state index < -0.39 is 41.8 Å². The van der Waals surface area contributed by atoms with Crippen LogP contribution in [0.2, 0.25) is 0 Å². The Balaban J connectivity index is 1.44. The molecule has 15 nitrogen and oxygen atoms in total. The van der Waals surface area contributed by atoms with Crippen molar-refractivity contribution >= 4 is 39.9 Å². The van der Waals surface area contributed by atoms with Crippen molar-refractivity contribution in [2.24, 2.45) is 5.92 Å². The summed E-state index contributed by atoms with van der Waals surface area (Å²) in [7, 11) is 0. The number of benzene rings is 1. The second-order valence-electron chi connectivity index (χ2n) is 12.4. The molecule has 0 aliphatic carbocycles. The van der Waals surface area contributed by atoms with Crippen molar-refractivity contribution < 1.29 is 23.7 Å². The van der Waals surface area contributed by atoms with Crippen LogP contribution in [0.25, 0.3) is 4.96 Å². The van der Waals surface area contributed by atoms with Gasteiger partial charge in [0.1, 0.15) is 23.1 Å². The molecule has 0 spiro atoms. The highest BCUT2D eigenvalue weighted by Gasteiger charge is 2.30.